The summed E-state index contributed by atoms with van der Waals surface area (Å²) >= 11 is 0. The standard InChI is InChI=1S/C20H28O5/c1-5-17-9-10-18(6-2,24-17)14-13(17)19(7-3)11-12(16(22)23-15(11)21)20(14,8-4)25-19/h11-14H,5-10H2,1-4H3. The third-order valence-corrected chi connectivity index (χ3v) is 8.68. The van der Waals surface area contributed by atoms with Gasteiger partial charge in [-0.15, -0.1) is 0 Å². The molecule has 4 bridgehead atoms. The van der Waals surface area contributed by atoms with Gasteiger partial charge in [-0.2, -0.15) is 0 Å². The Hall–Kier alpha value is -0.940. The summed E-state index contributed by atoms with van der Waals surface area (Å²) in [6, 6.07) is 0. The highest BCUT2D eigenvalue weighted by Gasteiger charge is 2.89. The molecule has 0 N–H and O–H groups in total. The van der Waals surface area contributed by atoms with Gasteiger partial charge < -0.3 is 14.2 Å². The Morgan fingerprint density at radius 1 is 0.760 bits per heavy atom. The summed E-state index contributed by atoms with van der Waals surface area (Å²) in [5.41, 5.74) is -1.65. The summed E-state index contributed by atoms with van der Waals surface area (Å²) in [5, 5.41) is 0. The Kier molecular flexibility index (Phi) is 2.91. The van der Waals surface area contributed by atoms with Crippen molar-refractivity contribution in [1.82, 2.24) is 0 Å². The van der Waals surface area contributed by atoms with Crippen LogP contribution in [0.25, 0.3) is 0 Å². The van der Waals surface area contributed by atoms with Crippen LogP contribution in [0, 0.1) is 23.7 Å². The van der Waals surface area contributed by atoms with E-state index in [1.807, 2.05) is 0 Å². The first-order chi connectivity index (χ1) is 11.9. The summed E-state index contributed by atoms with van der Waals surface area (Å²) in [6.45, 7) is 8.57. The zero-order valence-electron chi connectivity index (χ0n) is 15.6. The molecule has 25 heavy (non-hydrogen) atoms. The van der Waals surface area contributed by atoms with E-state index in [-0.39, 0.29) is 35.0 Å². The number of carbonyl (C=O) groups excluding carboxylic acids is 2. The van der Waals surface area contributed by atoms with Gasteiger partial charge in [0.1, 0.15) is 11.8 Å². The van der Waals surface area contributed by atoms with Crippen molar-refractivity contribution in [3.8, 4) is 0 Å². The van der Waals surface area contributed by atoms with Crippen molar-refractivity contribution in [2.45, 2.75) is 88.6 Å². The van der Waals surface area contributed by atoms with E-state index in [1.54, 1.807) is 0 Å². The van der Waals surface area contributed by atoms with Gasteiger partial charge in [0.2, 0.25) is 0 Å². The summed E-state index contributed by atoms with van der Waals surface area (Å²) in [4.78, 5) is 25.3. The average Bonchev–Trinajstić information content (AvgIpc) is 3.37. The SMILES string of the molecule is CCC12CCC(CC)(O1)C1C2C2(CC)OC1(CC)C1C(=O)OC(=O)C12. The third kappa shape index (κ3) is 1.38. The van der Waals surface area contributed by atoms with Gasteiger partial charge in [0.15, 0.2) is 0 Å². The highest BCUT2D eigenvalue weighted by Crippen LogP contribution is 2.78. The van der Waals surface area contributed by atoms with E-state index in [0.717, 1.165) is 38.5 Å². The van der Waals surface area contributed by atoms with E-state index in [2.05, 4.69) is 27.7 Å². The molecule has 0 amide bonds. The quantitative estimate of drug-likeness (QED) is 0.577. The molecule has 8 atom stereocenters. The molecular weight excluding hydrogens is 320 g/mol. The monoisotopic (exact) mass is 348 g/mol. The number of rotatable bonds is 4. The number of hydrogen-bond acceptors (Lipinski definition) is 5. The number of hydrogen-bond donors (Lipinski definition) is 0. The lowest BCUT2D eigenvalue weighted by molar-refractivity contribution is -0.179. The van der Waals surface area contributed by atoms with Crippen LogP contribution in [0.5, 0.6) is 0 Å². The molecule has 0 aromatic rings. The van der Waals surface area contributed by atoms with Crippen LogP contribution < -0.4 is 0 Å². The summed E-state index contributed by atoms with van der Waals surface area (Å²) in [6.07, 6.45) is 5.38. The molecule has 5 nitrogen and oxygen atoms in total. The van der Waals surface area contributed by atoms with Crippen molar-refractivity contribution in [1.29, 1.82) is 0 Å². The zero-order chi connectivity index (χ0) is 17.8. The second-order valence-electron chi connectivity index (χ2n) is 8.81. The number of esters is 2. The molecule has 5 aliphatic heterocycles. The van der Waals surface area contributed by atoms with Crippen LogP contribution in [-0.4, -0.2) is 34.3 Å². The van der Waals surface area contributed by atoms with Crippen LogP contribution >= 0.6 is 0 Å². The van der Waals surface area contributed by atoms with Gasteiger partial charge in [0.05, 0.1) is 22.4 Å². The van der Waals surface area contributed by atoms with Crippen molar-refractivity contribution in [2.75, 3.05) is 0 Å². The smallest absolute Gasteiger partial charge is 0.320 e. The number of fused-ring (bicyclic) bond motifs is 12. The molecule has 0 saturated carbocycles. The molecule has 138 valence electrons. The van der Waals surface area contributed by atoms with E-state index in [1.165, 1.54) is 0 Å². The first-order valence-electron chi connectivity index (χ1n) is 10.1. The largest absolute Gasteiger partial charge is 0.393 e. The molecule has 5 aliphatic rings. The lowest BCUT2D eigenvalue weighted by Crippen LogP contribution is -2.61. The number of cyclic esters (lactones) is 2. The van der Waals surface area contributed by atoms with Gasteiger partial charge >= 0.3 is 11.9 Å². The lowest BCUT2D eigenvalue weighted by atomic mass is 9.47. The van der Waals surface area contributed by atoms with Crippen LogP contribution in [0.1, 0.15) is 66.2 Å². The van der Waals surface area contributed by atoms with Crippen molar-refractivity contribution >= 4 is 11.9 Å². The predicted octanol–water partition coefficient (Wildman–Crippen LogP) is 3.00. The Balaban J connectivity index is 1.78. The van der Waals surface area contributed by atoms with Crippen molar-refractivity contribution in [2.24, 2.45) is 23.7 Å². The summed E-state index contributed by atoms with van der Waals surface area (Å²) < 4.78 is 18.8. The molecule has 0 aliphatic carbocycles. The Labute approximate surface area is 148 Å². The molecule has 0 aromatic heterocycles. The number of ether oxygens (including phenoxy) is 3. The molecule has 5 saturated heterocycles. The van der Waals surface area contributed by atoms with Crippen molar-refractivity contribution in [3.63, 3.8) is 0 Å². The molecule has 0 aromatic carbocycles. The first kappa shape index (κ1) is 16.2. The second kappa shape index (κ2) is 4.48. The van der Waals surface area contributed by atoms with Crippen molar-refractivity contribution < 1.29 is 23.8 Å². The Morgan fingerprint density at radius 2 is 1.20 bits per heavy atom. The normalized spacial score (nSPS) is 57.9. The van der Waals surface area contributed by atoms with E-state index in [4.69, 9.17) is 14.2 Å². The minimum Gasteiger partial charge on any atom is -0.393 e. The molecule has 5 heteroatoms. The van der Waals surface area contributed by atoms with Gasteiger partial charge in [-0.1, -0.05) is 27.7 Å². The van der Waals surface area contributed by atoms with Gasteiger partial charge in [0.25, 0.3) is 0 Å². The summed E-state index contributed by atoms with van der Waals surface area (Å²) in [5.74, 6) is -1.28. The summed E-state index contributed by atoms with van der Waals surface area (Å²) in [7, 11) is 0. The van der Waals surface area contributed by atoms with Gasteiger partial charge in [-0.05, 0) is 38.5 Å². The maximum absolute atomic E-state index is 12.7. The fourth-order valence-electron chi connectivity index (χ4n) is 7.85. The minimum atomic E-state index is -0.609. The van der Waals surface area contributed by atoms with E-state index >= 15 is 0 Å². The van der Waals surface area contributed by atoms with E-state index in [0.29, 0.717) is 0 Å². The fraction of sp³-hybridized carbons (Fsp3) is 0.900. The maximum Gasteiger partial charge on any atom is 0.320 e. The molecule has 5 rings (SSSR count). The van der Waals surface area contributed by atoms with Gasteiger partial charge in [-0.3, -0.25) is 9.59 Å². The topological polar surface area (TPSA) is 61.8 Å². The lowest BCUT2D eigenvalue weighted by Gasteiger charge is -2.49. The molecule has 8 unspecified atom stereocenters. The van der Waals surface area contributed by atoms with Crippen LogP contribution in [0.15, 0.2) is 0 Å². The van der Waals surface area contributed by atoms with Crippen LogP contribution in [0.4, 0.5) is 0 Å². The number of carbonyl (C=O) groups is 2. The van der Waals surface area contributed by atoms with Gasteiger partial charge in [-0.25, -0.2) is 0 Å². The highest BCUT2D eigenvalue weighted by molar-refractivity contribution is 5.99. The minimum absolute atomic E-state index is 0.184. The molecular formula is C20H28O5. The Morgan fingerprint density at radius 3 is 1.56 bits per heavy atom. The zero-order valence-corrected chi connectivity index (χ0v) is 15.6. The van der Waals surface area contributed by atoms with Crippen LogP contribution in [-0.2, 0) is 23.8 Å². The second-order valence-corrected chi connectivity index (χ2v) is 8.81. The van der Waals surface area contributed by atoms with Crippen LogP contribution in [0.3, 0.4) is 0 Å². The highest BCUT2D eigenvalue weighted by atomic mass is 16.6. The fourth-order valence-corrected chi connectivity index (χ4v) is 7.85. The molecule has 0 spiro atoms. The predicted molar refractivity (Wildman–Crippen MR) is 88.6 cm³/mol. The molecule has 5 heterocycles. The van der Waals surface area contributed by atoms with Crippen molar-refractivity contribution in [3.05, 3.63) is 0 Å². The first-order valence-corrected chi connectivity index (χ1v) is 10.1. The van der Waals surface area contributed by atoms with E-state index < -0.39 is 23.0 Å². The van der Waals surface area contributed by atoms with Crippen LogP contribution in [0.2, 0.25) is 0 Å². The van der Waals surface area contributed by atoms with E-state index in [9.17, 15) is 9.59 Å². The third-order valence-electron chi connectivity index (χ3n) is 8.68. The average molecular weight is 348 g/mol. The molecule has 0 radical (unpaired) electrons. The molecule has 5 fully saturated rings. The van der Waals surface area contributed by atoms with Gasteiger partial charge in [0, 0.05) is 11.8 Å². The Bertz CT molecular complexity index is 621. The maximum atomic E-state index is 12.7.